The second-order valence-electron chi connectivity index (χ2n) is 5.88. The Morgan fingerprint density at radius 3 is 2.96 bits per heavy atom. The monoisotopic (exact) mass is 344 g/mol. The van der Waals surface area contributed by atoms with E-state index in [4.69, 9.17) is 9.26 Å². The van der Waals surface area contributed by atoms with Gasteiger partial charge in [0, 0.05) is 17.3 Å². The summed E-state index contributed by atoms with van der Waals surface area (Å²) in [6.45, 7) is 4.90. The van der Waals surface area contributed by atoms with Crippen molar-refractivity contribution in [3.63, 3.8) is 0 Å². The lowest BCUT2D eigenvalue weighted by Gasteiger charge is -2.16. The Kier molecular flexibility index (Phi) is 4.60. The minimum atomic E-state index is -0.256. The zero-order valence-electron chi connectivity index (χ0n) is 14.3. The Morgan fingerprint density at radius 1 is 1.48 bits per heavy atom. The Bertz CT molecular complexity index is 795. The fraction of sp³-hybridized carbons (Fsp3) is 0.353. The smallest absolute Gasteiger partial charge is 0.251 e. The van der Waals surface area contributed by atoms with Gasteiger partial charge in [0.25, 0.3) is 5.91 Å². The minimum absolute atomic E-state index is 0.00730. The summed E-state index contributed by atoms with van der Waals surface area (Å²) < 4.78 is 10.2. The van der Waals surface area contributed by atoms with Crippen molar-refractivity contribution in [1.29, 1.82) is 0 Å². The maximum atomic E-state index is 12.4. The van der Waals surface area contributed by atoms with Gasteiger partial charge in [-0.25, -0.2) is 0 Å². The average Bonchev–Trinajstić information content (AvgIpc) is 3.16. The standard InChI is InChI=1S/C17H20N4O4/c1-10-14(11(2)25-20-10)9-21-8-13(7-18-21)19-17(23)12-4-5-15(22)16(6-12)24-3/h4-7,13,22H,8-9H2,1-3H3,(H,19,23). The number of hydrazone groups is 1. The predicted octanol–water partition coefficient (Wildman–Crippen LogP) is 1.61. The minimum Gasteiger partial charge on any atom is -0.504 e. The Hall–Kier alpha value is -3.03. The molecule has 0 saturated carbocycles. The van der Waals surface area contributed by atoms with Crippen molar-refractivity contribution in [2.45, 2.75) is 26.4 Å². The van der Waals surface area contributed by atoms with Gasteiger partial charge in [-0.2, -0.15) is 5.10 Å². The molecule has 8 heteroatoms. The molecular formula is C17H20N4O4. The third-order valence-electron chi connectivity index (χ3n) is 4.10. The van der Waals surface area contributed by atoms with Crippen LogP contribution in [0.4, 0.5) is 0 Å². The van der Waals surface area contributed by atoms with Gasteiger partial charge in [-0.15, -0.1) is 0 Å². The van der Waals surface area contributed by atoms with E-state index >= 15 is 0 Å². The zero-order valence-corrected chi connectivity index (χ0v) is 14.3. The number of phenols is 1. The molecule has 0 fully saturated rings. The number of aromatic nitrogens is 1. The summed E-state index contributed by atoms with van der Waals surface area (Å²) in [5.41, 5.74) is 2.26. The van der Waals surface area contributed by atoms with Crippen LogP contribution >= 0.6 is 0 Å². The molecule has 2 N–H and O–H groups in total. The van der Waals surface area contributed by atoms with Gasteiger partial charge in [0.15, 0.2) is 11.5 Å². The maximum Gasteiger partial charge on any atom is 0.251 e. The van der Waals surface area contributed by atoms with Gasteiger partial charge in [0.2, 0.25) is 0 Å². The van der Waals surface area contributed by atoms with Gasteiger partial charge < -0.3 is 19.7 Å². The number of amides is 1. The maximum absolute atomic E-state index is 12.4. The van der Waals surface area contributed by atoms with Crippen LogP contribution in [0, 0.1) is 13.8 Å². The number of methoxy groups -OCH3 is 1. The Morgan fingerprint density at radius 2 is 2.28 bits per heavy atom. The molecule has 2 heterocycles. The Balaban J connectivity index is 1.60. The molecule has 0 spiro atoms. The van der Waals surface area contributed by atoms with Crippen molar-refractivity contribution in [2.24, 2.45) is 5.10 Å². The highest BCUT2D eigenvalue weighted by molar-refractivity contribution is 5.96. The van der Waals surface area contributed by atoms with E-state index in [0.29, 0.717) is 18.7 Å². The molecule has 1 amide bonds. The molecule has 1 aliphatic rings. The van der Waals surface area contributed by atoms with Crippen LogP contribution < -0.4 is 10.1 Å². The highest BCUT2D eigenvalue weighted by atomic mass is 16.5. The second-order valence-corrected chi connectivity index (χ2v) is 5.88. The molecular weight excluding hydrogens is 324 g/mol. The van der Waals surface area contributed by atoms with Crippen LogP contribution in [0.15, 0.2) is 27.8 Å². The number of phenolic OH excluding ortho intramolecular Hbond substituents is 1. The van der Waals surface area contributed by atoms with E-state index in [1.54, 1.807) is 12.3 Å². The molecule has 1 aromatic carbocycles. The van der Waals surface area contributed by atoms with Crippen LogP contribution in [-0.2, 0) is 6.54 Å². The van der Waals surface area contributed by atoms with Crippen LogP contribution in [0.1, 0.15) is 27.4 Å². The number of rotatable bonds is 5. The molecule has 1 unspecified atom stereocenters. The number of nitrogens with one attached hydrogen (secondary N) is 1. The summed E-state index contributed by atoms with van der Waals surface area (Å²) >= 11 is 0. The van der Waals surface area contributed by atoms with Crippen molar-refractivity contribution in [1.82, 2.24) is 15.5 Å². The molecule has 25 heavy (non-hydrogen) atoms. The van der Waals surface area contributed by atoms with Crippen LogP contribution in [0.2, 0.25) is 0 Å². The van der Waals surface area contributed by atoms with Crippen molar-refractivity contribution >= 4 is 12.1 Å². The van der Waals surface area contributed by atoms with Gasteiger partial charge in [-0.1, -0.05) is 5.16 Å². The highest BCUT2D eigenvalue weighted by Crippen LogP contribution is 2.26. The number of carbonyl (C=O) groups excluding carboxylic acids is 1. The number of benzene rings is 1. The molecule has 132 valence electrons. The van der Waals surface area contributed by atoms with Crippen molar-refractivity contribution in [3.8, 4) is 11.5 Å². The summed E-state index contributed by atoms with van der Waals surface area (Å²) in [5.74, 6) is 0.769. The van der Waals surface area contributed by atoms with E-state index in [1.807, 2.05) is 18.9 Å². The lowest BCUT2D eigenvalue weighted by molar-refractivity contribution is 0.0943. The lowest BCUT2D eigenvalue weighted by Crippen LogP contribution is -2.39. The fourth-order valence-corrected chi connectivity index (χ4v) is 2.67. The fourth-order valence-electron chi connectivity index (χ4n) is 2.67. The van der Waals surface area contributed by atoms with E-state index in [0.717, 1.165) is 17.0 Å². The number of hydrogen-bond donors (Lipinski definition) is 2. The van der Waals surface area contributed by atoms with E-state index in [2.05, 4.69) is 15.6 Å². The van der Waals surface area contributed by atoms with E-state index in [-0.39, 0.29) is 23.4 Å². The molecule has 0 radical (unpaired) electrons. The number of aromatic hydroxyl groups is 1. The van der Waals surface area contributed by atoms with Crippen molar-refractivity contribution < 1.29 is 19.2 Å². The lowest BCUT2D eigenvalue weighted by atomic mass is 10.1. The largest absolute Gasteiger partial charge is 0.504 e. The highest BCUT2D eigenvalue weighted by Gasteiger charge is 2.22. The van der Waals surface area contributed by atoms with E-state index < -0.39 is 0 Å². The van der Waals surface area contributed by atoms with E-state index in [1.165, 1.54) is 19.2 Å². The molecule has 8 nitrogen and oxygen atoms in total. The average molecular weight is 344 g/mol. The quantitative estimate of drug-likeness (QED) is 0.855. The second kappa shape index (κ2) is 6.84. The molecule has 1 atom stereocenters. The van der Waals surface area contributed by atoms with E-state index in [9.17, 15) is 9.90 Å². The summed E-state index contributed by atoms with van der Waals surface area (Å²) in [7, 11) is 1.44. The molecule has 0 aliphatic carbocycles. The summed E-state index contributed by atoms with van der Waals surface area (Å²) in [6.07, 6.45) is 1.70. The number of nitrogens with zero attached hydrogens (tertiary/aromatic N) is 3. The molecule has 0 bridgehead atoms. The first-order valence-electron chi connectivity index (χ1n) is 7.86. The zero-order chi connectivity index (χ0) is 18.0. The number of ether oxygens (including phenoxy) is 1. The van der Waals surface area contributed by atoms with Crippen LogP contribution in [0.3, 0.4) is 0 Å². The predicted molar refractivity (Wildman–Crippen MR) is 90.8 cm³/mol. The topological polar surface area (TPSA) is 100 Å². The van der Waals surface area contributed by atoms with Gasteiger partial charge in [-0.3, -0.25) is 9.80 Å². The molecule has 0 saturated heterocycles. The van der Waals surface area contributed by atoms with Crippen LogP contribution in [0.25, 0.3) is 0 Å². The van der Waals surface area contributed by atoms with Crippen LogP contribution in [0.5, 0.6) is 11.5 Å². The van der Waals surface area contributed by atoms with Gasteiger partial charge in [0.1, 0.15) is 5.76 Å². The first-order valence-corrected chi connectivity index (χ1v) is 7.86. The van der Waals surface area contributed by atoms with Crippen molar-refractivity contribution in [2.75, 3.05) is 13.7 Å². The number of carbonyl (C=O) groups is 1. The first kappa shape index (κ1) is 16.8. The van der Waals surface area contributed by atoms with Crippen molar-refractivity contribution in [3.05, 3.63) is 40.8 Å². The van der Waals surface area contributed by atoms with Gasteiger partial charge in [0.05, 0.1) is 31.9 Å². The number of aryl methyl sites for hydroxylation is 2. The summed E-state index contributed by atoms with van der Waals surface area (Å²) in [5, 5.41) is 22.6. The first-order chi connectivity index (χ1) is 12.0. The normalized spacial score (nSPS) is 16.3. The SMILES string of the molecule is COc1cc(C(=O)NC2C=NN(Cc3c(C)noc3C)C2)ccc1O. The summed E-state index contributed by atoms with van der Waals surface area (Å²) in [6, 6.07) is 4.27. The molecule has 1 aromatic heterocycles. The molecule has 1 aliphatic heterocycles. The molecule has 2 aromatic rings. The molecule has 3 rings (SSSR count). The third-order valence-corrected chi connectivity index (χ3v) is 4.10. The van der Waals surface area contributed by atoms with Gasteiger partial charge >= 0.3 is 0 Å². The third kappa shape index (κ3) is 3.57. The van der Waals surface area contributed by atoms with Gasteiger partial charge in [-0.05, 0) is 32.0 Å². The Labute approximate surface area is 145 Å². The summed E-state index contributed by atoms with van der Waals surface area (Å²) in [4.78, 5) is 12.4. The number of hydrogen-bond acceptors (Lipinski definition) is 7. The van der Waals surface area contributed by atoms with Crippen LogP contribution in [-0.4, -0.2) is 47.1 Å².